The number of hydrogen-bond donors (Lipinski definition) is 1. The summed E-state index contributed by atoms with van der Waals surface area (Å²) in [6, 6.07) is 13.2. The number of sulfonamides is 1. The zero-order valence-corrected chi connectivity index (χ0v) is 16.1. The number of amides is 1. The molecule has 0 saturated carbocycles. The summed E-state index contributed by atoms with van der Waals surface area (Å²) in [6.45, 7) is 2.61. The van der Waals surface area contributed by atoms with Gasteiger partial charge >= 0.3 is 0 Å². The molecule has 0 atom stereocenters. The van der Waals surface area contributed by atoms with Crippen molar-refractivity contribution in [3.8, 4) is 0 Å². The molecular formula is C18H19N3O3S2. The number of thioether (sulfide) groups is 1. The van der Waals surface area contributed by atoms with E-state index >= 15 is 0 Å². The van der Waals surface area contributed by atoms with Gasteiger partial charge in [-0.3, -0.25) is 14.1 Å². The summed E-state index contributed by atoms with van der Waals surface area (Å²) in [7, 11) is -2.27. The summed E-state index contributed by atoms with van der Waals surface area (Å²) in [5.74, 6) is 0.471. The van der Waals surface area contributed by atoms with E-state index in [-0.39, 0.29) is 16.4 Å². The van der Waals surface area contributed by atoms with Gasteiger partial charge in [-0.15, -0.1) is 0 Å². The van der Waals surface area contributed by atoms with Crippen LogP contribution in [0.2, 0.25) is 0 Å². The second-order valence-electron chi connectivity index (χ2n) is 5.83. The van der Waals surface area contributed by atoms with Crippen LogP contribution in [0.3, 0.4) is 0 Å². The smallest absolute Gasteiger partial charge is 0.264 e. The third-order valence-corrected chi connectivity index (χ3v) is 6.63. The van der Waals surface area contributed by atoms with Gasteiger partial charge in [0.25, 0.3) is 15.9 Å². The molecule has 6 nitrogen and oxygen atoms in total. The monoisotopic (exact) mass is 389 g/mol. The molecule has 1 heterocycles. The molecule has 1 N–H and O–H groups in total. The summed E-state index contributed by atoms with van der Waals surface area (Å²) >= 11 is 1.47. The summed E-state index contributed by atoms with van der Waals surface area (Å²) in [5.41, 5.74) is 1.88. The van der Waals surface area contributed by atoms with Gasteiger partial charge in [-0.05, 0) is 37.3 Å². The van der Waals surface area contributed by atoms with Crippen LogP contribution >= 0.6 is 11.8 Å². The quantitative estimate of drug-likeness (QED) is 0.872. The van der Waals surface area contributed by atoms with Crippen molar-refractivity contribution in [2.24, 2.45) is 4.99 Å². The molecule has 0 bridgehead atoms. The number of anilines is 1. The molecule has 136 valence electrons. The van der Waals surface area contributed by atoms with Gasteiger partial charge < -0.3 is 5.32 Å². The van der Waals surface area contributed by atoms with Crippen molar-refractivity contribution in [2.45, 2.75) is 11.8 Å². The molecular weight excluding hydrogens is 370 g/mol. The Labute approximate surface area is 157 Å². The van der Waals surface area contributed by atoms with Crippen LogP contribution < -0.4 is 9.62 Å². The van der Waals surface area contributed by atoms with E-state index in [0.717, 1.165) is 11.3 Å². The van der Waals surface area contributed by atoms with Gasteiger partial charge in [-0.25, -0.2) is 8.42 Å². The number of benzene rings is 2. The van der Waals surface area contributed by atoms with Gasteiger partial charge in [-0.1, -0.05) is 35.5 Å². The SMILES string of the molecule is Cc1ccc(N(C)S(=O)(=O)c2cccc(C(=O)NC3=NCCS3)c2)cc1. The van der Waals surface area contributed by atoms with Gasteiger partial charge in [0.1, 0.15) is 0 Å². The highest BCUT2D eigenvalue weighted by molar-refractivity contribution is 8.14. The number of carbonyl (C=O) groups excluding carboxylic acids is 1. The van der Waals surface area contributed by atoms with E-state index in [0.29, 0.717) is 17.4 Å². The fourth-order valence-corrected chi connectivity index (χ4v) is 4.39. The molecule has 1 aliphatic rings. The van der Waals surface area contributed by atoms with E-state index in [1.807, 2.05) is 19.1 Å². The molecule has 0 radical (unpaired) electrons. The Morgan fingerprint density at radius 1 is 1.19 bits per heavy atom. The zero-order valence-electron chi connectivity index (χ0n) is 14.5. The molecule has 26 heavy (non-hydrogen) atoms. The number of nitrogens with zero attached hydrogens (tertiary/aromatic N) is 2. The van der Waals surface area contributed by atoms with Crippen LogP contribution in [0.4, 0.5) is 5.69 Å². The van der Waals surface area contributed by atoms with Crippen LogP contribution in [0.25, 0.3) is 0 Å². The third kappa shape index (κ3) is 3.91. The zero-order chi connectivity index (χ0) is 18.7. The fraction of sp³-hybridized carbons (Fsp3) is 0.222. The predicted molar refractivity (Wildman–Crippen MR) is 105 cm³/mol. The van der Waals surface area contributed by atoms with Crippen molar-refractivity contribution in [1.29, 1.82) is 0 Å². The first-order valence-electron chi connectivity index (χ1n) is 8.02. The van der Waals surface area contributed by atoms with Crippen molar-refractivity contribution in [3.05, 3.63) is 59.7 Å². The first kappa shape index (κ1) is 18.5. The maximum Gasteiger partial charge on any atom is 0.264 e. The minimum atomic E-state index is -3.77. The van der Waals surface area contributed by atoms with Crippen molar-refractivity contribution < 1.29 is 13.2 Å². The summed E-state index contributed by atoms with van der Waals surface area (Å²) in [5, 5.41) is 3.28. The average Bonchev–Trinajstić information content (AvgIpc) is 3.15. The van der Waals surface area contributed by atoms with Gasteiger partial charge in [0.15, 0.2) is 5.17 Å². The highest BCUT2D eigenvalue weighted by Crippen LogP contribution is 2.23. The molecule has 2 aromatic rings. The molecule has 1 amide bonds. The van der Waals surface area contributed by atoms with Gasteiger partial charge in [0, 0.05) is 18.4 Å². The Morgan fingerprint density at radius 2 is 1.92 bits per heavy atom. The molecule has 0 unspecified atom stereocenters. The predicted octanol–water partition coefficient (Wildman–Crippen LogP) is 2.65. The Morgan fingerprint density at radius 3 is 2.58 bits per heavy atom. The van der Waals surface area contributed by atoms with E-state index in [4.69, 9.17) is 0 Å². The highest BCUT2D eigenvalue weighted by Gasteiger charge is 2.23. The van der Waals surface area contributed by atoms with Crippen molar-refractivity contribution in [3.63, 3.8) is 0 Å². The van der Waals surface area contributed by atoms with Crippen molar-refractivity contribution in [1.82, 2.24) is 5.32 Å². The standard InChI is InChI=1S/C18H19N3O3S2/c1-13-6-8-15(9-7-13)21(2)26(23,24)16-5-3-4-14(12-16)17(22)20-18-19-10-11-25-18/h3-9,12H,10-11H2,1-2H3,(H,19,20,22). The van der Waals surface area contributed by atoms with Crippen molar-refractivity contribution in [2.75, 3.05) is 23.7 Å². The molecule has 0 fully saturated rings. The van der Waals surface area contributed by atoms with Gasteiger partial charge in [0.05, 0.1) is 17.1 Å². The Balaban J connectivity index is 1.85. The highest BCUT2D eigenvalue weighted by atomic mass is 32.2. The average molecular weight is 390 g/mol. The molecule has 2 aromatic carbocycles. The first-order valence-corrected chi connectivity index (χ1v) is 10.4. The lowest BCUT2D eigenvalue weighted by Gasteiger charge is -2.20. The first-order chi connectivity index (χ1) is 12.4. The van der Waals surface area contributed by atoms with E-state index in [9.17, 15) is 13.2 Å². The Hall–Kier alpha value is -2.32. The van der Waals surface area contributed by atoms with E-state index in [2.05, 4.69) is 10.3 Å². The Kier molecular flexibility index (Phi) is 5.33. The van der Waals surface area contributed by atoms with Crippen LogP contribution in [0.5, 0.6) is 0 Å². The topological polar surface area (TPSA) is 78.8 Å². The molecule has 3 rings (SSSR count). The second kappa shape index (κ2) is 7.51. The number of rotatable bonds is 4. The minimum Gasteiger partial charge on any atom is -0.301 e. The molecule has 0 aromatic heterocycles. The lowest BCUT2D eigenvalue weighted by atomic mass is 10.2. The Bertz CT molecular complexity index is 954. The largest absolute Gasteiger partial charge is 0.301 e. The van der Waals surface area contributed by atoms with Crippen LogP contribution in [0.1, 0.15) is 15.9 Å². The third-order valence-electron chi connectivity index (χ3n) is 3.96. The van der Waals surface area contributed by atoms with Crippen LogP contribution in [0.15, 0.2) is 58.4 Å². The van der Waals surface area contributed by atoms with E-state index in [1.165, 1.54) is 35.2 Å². The number of aliphatic imine (C=N–C) groups is 1. The lowest BCUT2D eigenvalue weighted by molar-refractivity contribution is 0.0977. The number of nitrogens with one attached hydrogen (secondary N) is 1. The van der Waals surface area contributed by atoms with E-state index < -0.39 is 10.0 Å². The maximum atomic E-state index is 12.9. The van der Waals surface area contributed by atoms with Gasteiger partial charge in [0.2, 0.25) is 0 Å². The summed E-state index contributed by atoms with van der Waals surface area (Å²) < 4.78 is 27.0. The summed E-state index contributed by atoms with van der Waals surface area (Å²) in [4.78, 5) is 16.6. The van der Waals surface area contributed by atoms with E-state index in [1.54, 1.807) is 24.3 Å². The molecule has 0 aliphatic carbocycles. The molecule has 0 saturated heterocycles. The minimum absolute atomic E-state index is 0.0641. The maximum absolute atomic E-state index is 12.9. The molecule has 1 aliphatic heterocycles. The lowest BCUT2D eigenvalue weighted by Crippen LogP contribution is -2.29. The number of aryl methyl sites for hydroxylation is 1. The molecule has 0 spiro atoms. The van der Waals surface area contributed by atoms with Crippen LogP contribution in [-0.2, 0) is 10.0 Å². The van der Waals surface area contributed by atoms with Crippen LogP contribution in [-0.4, -0.2) is 38.8 Å². The molecule has 8 heteroatoms. The summed E-state index contributed by atoms with van der Waals surface area (Å²) in [6.07, 6.45) is 0. The number of hydrogen-bond acceptors (Lipinski definition) is 5. The van der Waals surface area contributed by atoms with Crippen LogP contribution in [0, 0.1) is 6.92 Å². The fourth-order valence-electron chi connectivity index (χ4n) is 2.43. The van der Waals surface area contributed by atoms with Crippen molar-refractivity contribution >= 4 is 38.5 Å². The van der Waals surface area contributed by atoms with Gasteiger partial charge in [-0.2, -0.15) is 0 Å². The second-order valence-corrected chi connectivity index (χ2v) is 8.88. The number of amidine groups is 1. The number of carbonyl (C=O) groups is 1. The normalized spacial score (nSPS) is 14.0.